The van der Waals surface area contributed by atoms with E-state index in [1.165, 1.54) is 6.07 Å². The third-order valence-corrected chi connectivity index (χ3v) is 15.6. The molecule has 0 saturated heterocycles. The number of nitrogens with zero attached hydrogens (tertiary/aromatic N) is 8. The van der Waals surface area contributed by atoms with Crippen LogP contribution in [0.3, 0.4) is 0 Å². The van der Waals surface area contributed by atoms with E-state index in [0.717, 1.165) is 100 Å². The van der Waals surface area contributed by atoms with Gasteiger partial charge in [0.25, 0.3) is 0 Å². The smallest absolute Gasteiger partial charge is 0.309 e. The summed E-state index contributed by atoms with van der Waals surface area (Å²) in [6, 6.07) is 77.6. The van der Waals surface area contributed by atoms with Crippen molar-refractivity contribution in [3.63, 3.8) is 0 Å². The number of halogens is 3. The molecule has 0 aliphatic carbocycles. The second-order valence-electron chi connectivity index (χ2n) is 20.2. The minimum Gasteiger partial charge on any atom is -0.309 e. The first-order chi connectivity index (χ1) is 40.9. The lowest BCUT2D eigenvalue weighted by Gasteiger charge is -2.20. The first-order valence-electron chi connectivity index (χ1n) is 26.4. The van der Waals surface area contributed by atoms with Gasteiger partial charge >= 0.3 is 6.18 Å². The van der Waals surface area contributed by atoms with Crippen molar-refractivity contribution in [3.05, 3.63) is 275 Å². The number of alkyl halides is 3. The van der Waals surface area contributed by atoms with Gasteiger partial charge in [0.2, 0.25) is 0 Å². The van der Waals surface area contributed by atoms with Gasteiger partial charge in [0, 0.05) is 38.4 Å². The van der Waals surface area contributed by atoms with Crippen LogP contribution in [-0.4, -0.2) is 9.13 Å². The summed E-state index contributed by atoms with van der Waals surface area (Å²) >= 11 is 0. The van der Waals surface area contributed by atoms with Gasteiger partial charge in [-0.3, -0.25) is 0 Å². The molecule has 0 saturated carbocycles. The van der Waals surface area contributed by atoms with Crippen molar-refractivity contribution in [2.75, 3.05) is 0 Å². The lowest BCUT2D eigenvalue weighted by Crippen LogP contribution is -2.04. The van der Waals surface area contributed by atoms with Crippen LogP contribution in [0, 0.1) is 58.5 Å². The Morgan fingerprint density at radius 2 is 0.726 bits per heavy atom. The van der Waals surface area contributed by atoms with E-state index in [-0.39, 0.29) is 11.3 Å². The van der Waals surface area contributed by atoms with Crippen LogP contribution in [0.2, 0.25) is 0 Å². The standard InChI is InChI=1S/C73H37F3N8/c1-81-57-23-16-51(17-24-57)55-19-30-69-64(35-55)63-34-52(48-10-3-44(40-77)4-11-48)18-29-68(63)83(69)58-25-27-59(60-26-22-56(73(74,75)76)38-67(60)82-2)61(39-58)62-33-47(43-80)9-28-70(62)84-71-31-20-53(49-12-5-45(41-78)6-13-49)36-65(71)66-37-54(21-32-72(66)84)50-14-7-46(42-79)8-15-50/h3-39H. The molecule has 8 nitrogen and oxygen atoms in total. The maximum atomic E-state index is 14.4. The van der Waals surface area contributed by atoms with E-state index in [1.807, 2.05) is 121 Å². The predicted molar refractivity (Wildman–Crippen MR) is 324 cm³/mol. The molecule has 2 aromatic heterocycles. The number of benzene rings is 11. The monoisotopic (exact) mass is 1080 g/mol. The van der Waals surface area contributed by atoms with Crippen molar-refractivity contribution in [2.24, 2.45) is 0 Å². The molecule has 0 atom stereocenters. The van der Waals surface area contributed by atoms with Gasteiger partial charge in [-0.2, -0.15) is 34.2 Å². The summed E-state index contributed by atoms with van der Waals surface area (Å²) in [6.07, 6.45) is -4.72. The number of hydrogen-bond donors (Lipinski definition) is 0. The van der Waals surface area contributed by atoms with Crippen molar-refractivity contribution in [3.8, 4) is 102 Å². The molecule has 84 heavy (non-hydrogen) atoms. The fourth-order valence-electron chi connectivity index (χ4n) is 11.4. The van der Waals surface area contributed by atoms with E-state index < -0.39 is 11.7 Å². The zero-order valence-electron chi connectivity index (χ0n) is 44.1. The molecule has 13 rings (SSSR count). The van der Waals surface area contributed by atoms with E-state index in [9.17, 15) is 34.2 Å². The molecule has 0 aliphatic heterocycles. The maximum Gasteiger partial charge on any atom is 0.415 e. The molecule has 0 fully saturated rings. The van der Waals surface area contributed by atoms with Gasteiger partial charge in [0.1, 0.15) is 0 Å². The van der Waals surface area contributed by atoms with Gasteiger partial charge in [-0.25, -0.2) is 9.69 Å². The lowest BCUT2D eigenvalue weighted by atomic mass is 9.90. The van der Waals surface area contributed by atoms with E-state index in [0.29, 0.717) is 56.0 Å². The van der Waals surface area contributed by atoms with E-state index >= 15 is 0 Å². The second-order valence-corrected chi connectivity index (χ2v) is 20.2. The first kappa shape index (κ1) is 51.2. The van der Waals surface area contributed by atoms with Crippen LogP contribution in [0.5, 0.6) is 0 Å². The molecule has 0 bridgehead atoms. The summed E-state index contributed by atoms with van der Waals surface area (Å²) in [5.74, 6) is 0. The Balaban J connectivity index is 1.09. The van der Waals surface area contributed by atoms with Crippen LogP contribution in [-0.2, 0) is 6.18 Å². The van der Waals surface area contributed by atoms with Gasteiger partial charge in [0.05, 0.1) is 87.4 Å². The number of nitriles is 4. The molecule has 11 aromatic carbocycles. The normalized spacial score (nSPS) is 11.2. The zero-order valence-corrected chi connectivity index (χ0v) is 44.1. The Bertz CT molecular complexity index is 4930. The Hall–Kier alpha value is -12.3. The molecule has 0 radical (unpaired) electrons. The molecule has 11 heteroatoms. The third-order valence-electron chi connectivity index (χ3n) is 15.6. The summed E-state index contributed by atoms with van der Waals surface area (Å²) in [4.78, 5) is 7.28. The quantitative estimate of drug-likeness (QED) is 0.141. The number of fused-ring (bicyclic) bond motifs is 6. The van der Waals surface area contributed by atoms with Crippen LogP contribution in [0.15, 0.2) is 224 Å². The minimum atomic E-state index is -4.72. The van der Waals surface area contributed by atoms with Gasteiger partial charge in [-0.1, -0.05) is 103 Å². The van der Waals surface area contributed by atoms with Crippen molar-refractivity contribution in [1.29, 1.82) is 21.0 Å². The van der Waals surface area contributed by atoms with Gasteiger partial charge in [0.15, 0.2) is 11.4 Å². The summed E-state index contributed by atoms with van der Waals surface area (Å²) in [5.41, 5.74) is 14.9. The Labute approximate surface area is 479 Å². The van der Waals surface area contributed by atoms with Crippen molar-refractivity contribution < 1.29 is 13.2 Å². The van der Waals surface area contributed by atoms with Crippen LogP contribution in [0.4, 0.5) is 24.5 Å². The highest BCUT2D eigenvalue weighted by molar-refractivity contribution is 6.14. The van der Waals surface area contributed by atoms with Crippen LogP contribution < -0.4 is 0 Å². The Morgan fingerprint density at radius 1 is 0.333 bits per heavy atom. The SMILES string of the molecule is [C-]#[N+]c1ccc(-c2ccc3c(c2)c2cc(-c4ccc(C#N)cc4)ccc2n3-c2ccc(-c3ccc(C(F)(F)F)cc3[N+]#[C-])c(-c3cc(C#N)ccc3-n3c4ccc(-c5ccc(C#N)cc5)cc4c4cc(-c5ccc(C#N)cc5)ccc43)c2)cc1. The van der Waals surface area contributed by atoms with E-state index in [2.05, 4.69) is 67.4 Å². The summed E-state index contributed by atoms with van der Waals surface area (Å²) in [7, 11) is 0. The number of aromatic nitrogens is 2. The highest BCUT2D eigenvalue weighted by Gasteiger charge is 2.32. The molecule has 13 aromatic rings. The fraction of sp³-hybridized carbons (Fsp3) is 0.0137. The summed E-state index contributed by atoms with van der Waals surface area (Å²) in [5, 5.41) is 43.1. The minimum absolute atomic E-state index is 0.205. The maximum absolute atomic E-state index is 14.4. The van der Waals surface area contributed by atoms with Crippen LogP contribution in [0.25, 0.3) is 131 Å². The molecule has 2 heterocycles. The number of rotatable bonds is 8. The van der Waals surface area contributed by atoms with Gasteiger partial charge in [-0.05, 0) is 183 Å². The molecular formula is C73H37F3N8. The Morgan fingerprint density at radius 3 is 1.13 bits per heavy atom. The molecule has 390 valence electrons. The van der Waals surface area contributed by atoms with Crippen molar-refractivity contribution >= 4 is 55.0 Å². The molecule has 0 aliphatic rings. The van der Waals surface area contributed by atoms with Crippen LogP contribution in [0.1, 0.15) is 27.8 Å². The van der Waals surface area contributed by atoms with Crippen molar-refractivity contribution in [2.45, 2.75) is 6.18 Å². The Kier molecular flexibility index (Phi) is 12.5. The number of hydrogen-bond acceptors (Lipinski definition) is 4. The molecule has 0 amide bonds. The average Bonchev–Trinajstić information content (AvgIpc) is 2.14. The van der Waals surface area contributed by atoms with Crippen molar-refractivity contribution in [1.82, 2.24) is 9.13 Å². The molecule has 0 spiro atoms. The molecule has 0 N–H and O–H groups in total. The third kappa shape index (κ3) is 8.87. The lowest BCUT2D eigenvalue weighted by molar-refractivity contribution is -0.137. The predicted octanol–water partition coefficient (Wildman–Crippen LogP) is 19.5. The van der Waals surface area contributed by atoms with Crippen LogP contribution >= 0.6 is 0 Å². The summed E-state index contributed by atoms with van der Waals surface area (Å²) < 4.78 is 47.5. The van der Waals surface area contributed by atoms with Gasteiger partial charge < -0.3 is 9.13 Å². The molecular weight excluding hydrogens is 1050 g/mol. The highest BCUT2D eigenvalue weighted by Crippen LogP contribution is 2.47. The highest BCUT2D eigenvalue weighted by atomic mass is 19.4. The average molecular weight is 1080 g/mol. The first-order valence-corrected chi connectivity index (χ1v) is 26.4. The molecule has 0 unspecified atom stereocenters. The zero-order chi connectivity index (χ0) is 57.8. The second kappa shape index (κ2) is 20.4. The van der Waals surface area contributed by atoms with E-state index in [4.69, 9.17) is 13.1 Å². The summed E-state index contributed by atoms with van der Waals surface area (Å²) in [6.45, 7) is 15.8. The van der Waals surface area contributed by atoms with Gasteiger partial charge in [-0.15, -0.1) is 0 Å². The fourth-order valence-corrected chi connectivity index (χ4v) is 11.4. The topological polar surface area (TPSA) is 114 Å². The largest absolute Gasteiger partial charge is 0.415 e. The van der Waals surface area contributed by atoms with E-state index in [1.54, 1.807) is 60.7 Å².